The van der Waals surface area contributed by atoms with E-state index >= 15 is 0 Å². The number of likely N-dealkylation sites (tertiary alicyclic amines) is 1. The van der Waals surface area contributed by atoms with Gasteiger partial charge < -0.3 is 9.80 Å². The van der Waals surface area contributed by atoms with Crippen molar-refractivity contribution < 1.29 is 9.59 Å². The van der Waals surface area contributed by atoms with Crippen molar-refractivity contribution in [1.29, 1.82) is 0 Å². The van der Waals surface area contributed by atoms with E-state index in [0.29, 0.717) is 29.7 Å². The van der Waals surface area contributed by atoms with Gasteiger partial charge in [-0.3, -0.25) is 14.5 Å². The number of rotatable bonds is 4. The molecule has 2 aliphatic rings. The highest BCUT2D eigenvalue weighted by Gasteiger charge is 2.24. The molecule has 0 aliphatic carbocycles. The molecular weight excluding hydrogens is 373 g/mol. The van der Waals surface area contributed by atoms with Crippen molar-refractivity contribution in [3.8, 4) is 0 Å². The molecule has 2 aliphatic heterocycles. The van der Waals surface area contributed by atoms with Gasteiger partial charge in [0.15, 0.2) is 0 Å². The second-order valence-electron chi connectivity index (χ2n) is 6.67. The standard InChI is InChI=1S/C19H23Cl2N3O2/c20-16-5-3-4-15(19(16)21)6-7-17(25)24-12-10-22(11-13-24)14-18(26)23-8-1-2-9-23/h3-7H,1-2,8-14H2. The molecule has 1 aromatic rings. The van der Waals surface area contributed by atoms with Crippen molar-refractivity contribution in [2.45, 2.75) is 12.8 Å². The maximum Gasteiger partial charge on any atom is 0.246 e. The monoisotopic (exact) mass is 395 g/mol. The molecule has 0 saturated carbocycles. The van der Waals surface area contributed by atoms with Crippen LogP contribution in [0.4, 0.5) is 0 Å². The molecular formula is C19H23Cl2N3O2. The number of halogens is 2. The highest BCUT2D eigenvalue weighted by molar-refractivity contribution is 6.42. The van der Waals surface area contributed by atoms with E-state index in [4.69, 9.17) is 23.2 Å². The first-order chi connectivity index (χ1) is 12.5. The Morgan fingerprint density at radius 1 is 0.962 bits per heavy atom. The minimum Gasteiger partial charge on any atom is -0.342 e. The van der Waals surface area contributed by atoms with Gasteiger partial charge in [0.25, 0.3) is 0 Å². The van der Waals surface area contributed by atoms with Crippen molar-refractivity contribution >= 4 is 41.1 Å². The number of hydrogen-bond acceptors (Lipinski definition) is 3. The summed E-state index contributed by atoms with van der Waals surface area (Å²) in [5, 5.41) is 0.918. The molecule has 0 N–H and O–H groups in total. The summed E-state index contributed by atoms with van der Waals surface area (Å²) in [5.41, 5.74) is 0.724. The quantitative estimate of drug-likeness (QED) is 0.736. The minimum absolute atomic E-state index is 0.0495. The number of piperazine rings is 1. The van der Waals surface area contributed by atoms with E-state index in [1.165, 1.54) is 6.08 Å². The van der Waals surface area contributed by atoms with E-state index < -0.39 is 0 Å². The molecule has 3 rings (SSSR count). The fraction of sp³-hybridized carbons (Fsp3) is 0.474. The number of carbonyl (C=O) groups excluding carboxylic acids is 2. The summed E-state index contributed by atoms with van der Waals surface area (Å²) >= 11 is 12.1. The Morgan fingerprint density at radius 3 is 2.35 bits per heavy atom. The fourth-order valence-corrected chi connectivity index (χ4v) is 3.67. The summed E-state index contributed by atoms with van der Waals surface area (Å²) in [7, 11) is 0. The Kier molecular flexibility index (Phi) is 6.57. The summed E-state index contributed by atoms with van der Waals surface area (Å²) in [6.45, 7) is 4.91. The first-order valence-corrected chi connectivity index (χ1v) is 9.71. The zero-order valence-corrected chi connectivity index (χ0v) is 16.2. The third-order valence-electron chi connectivity index (χ3n) is 4.89. The molecule has 2 heterocycles. The molecule has 2 fully saturated rings. The van der Waals surface area contributed by atoms with Gasteiger partial charge in [0.05, 0.1) is 16.6 Å². The zero-order chi connectivity index (χ0) is 18.5. The SMILES string of the molecule is O=C(C=Cc1cccc(Cl)c1Cl)N1CCN(CC(=O)N2CCCC2)CC1. The van der Waals surface area contributed by atoms with Gasteiger partial charge in [0.1, 0.15) is 0 Å². The highest BCUT2D eigenvalue weighted by Crippen LogP contribution is 2.26. The van der Waals surface area contributed by atoms with Crippen LogP contribution in [0.3, 0.4) is 0 Å². The largest absolute Gasteiger partial charge is 0.342 e. The van der Waals surface area contributed by atoms with Gasteiger partial charge in [0, 0.05) is 45.3 Å². The Hall–Kier alpha value is -1.56. The molecule has 5 nitrogen and oxygen atoms in total. The Balaban J connectivity index is 1.48. The van der Waals surface area contributed by atoms with Crippen molar-refractivity contribution in [2.24, 2.45) is 0 Å². The topological polar surface area (TPSA) is 43.9 Å². The van der Waals surface area contributed by atoms with Gasteiger partial charge in [-0.2, -0.15) is 0 Å². The third-order valence-corrected chi connectivity index (χ3v) is 5.72. The lowest BCUT2D eigenvalue weighted by Crippen LogP contribution is -2.51. The Morgan fingerprint density at radius 2 is 1.65 bits per heavy atom. The maximum absolute atomic E-state index is 12.4. The van der Waals surface area contributed by atoms with Crippen LogP contribution in [0.25, 0.3) is 6.08 Å². The molecule has 0 unspecified atom stereocenters. The molecule has 0 radical (unpaired) electrons. The highest BCUT2D eigenvalue weighted by atomic mass is 35.5. The molecule has 0 bridgehead atoms. The van der Waals surface area contributed by atoms with Crippen LogP contribution in [0.5, 0.6) is 0 Å². The normalized spacial score (nSPS) is 18.7. The summed E-state index contributed by atoms with van der Waals surface area (Å²) in [4.78, 5) is 30.5. The van der Waals surface area contributed by atoms with E-state index in [9.17, 15) is 9.59 Å². The molecule has 2 amide bonds. The number of hydrogen-bond donors (Lipinski definition) is 0. The summed E-state index contributed by atoms with van der Waals surface area (Å²) in [6.07, 6.45) is 5.44. The first kappa shape index (κ1) is 19.2. The van der Waals surface area contributed by atoms with Crippen LogP contribution < -0.4 is 0 Å². The molecule has 26 heavy (non-hydrogen) atoms. The number of benzene rings is 1. The predicted molar refractivity (Wildman–Crippen MR) is 104 cm³/mol. The Bertz CT molecular complexity index is 694. The van der Waals surface area contributed by atoms with E-state index in [0.717, 1.165) is 44.6 Å². The second kappa shape index (κ2) is 8.89. The van der Waals surface area contributed by atoms with Gasteiger partial charge in [-0.1, -0.05) is 35.3 Å². The van der Waals surface area contributed by atoms with Gasteiger partial charge in [-0.15, -0.1) is 0 Å². The first-order valence-electron chi connectivity index (χ1n) is 8.96. The predicted octanol–water partition coefficient (Wildman–Crippen LogP) is 2.77. The van der Waals surface area contributed by atoms with Crippen molar-refractivity contribution in [2.75, 3.05) is 45.8 Å². The summed E-state index contributed by atoms with van der Waals surface area (Å²) < 4.78 is 0. The molecule has 140 valence electrons. The lowest BCUT2D eigenvalue weighted by atomic mass is 10.2. The molecule has 2 saturated heterocycles. The smallest absolute Gasteiger partial charge is 0.246 e. The van der Waals surface area contributed by atoms with Gasteiger partial charge in [0.2, 0.25) is 11.8 Å². The number of nitrogens with zero attached hydrogens (tertiary/aromatic N) is 3. The zero-order valence-electron chi connectivity index (χ0n) is 14.7. The molecule has 7 heteroatoms. The van der Waals surface area contributed by atoms with Crippen LogP contribution in [0.15, 0.2) is 24.3 Å². The van der Waals surface area contributed by atoms with Crippen LogP contribution in [-0.2, 0) is 9.59 Å². The van der Waals surface area contributed by atoms with Crippen LogP contribution >= 0.6 is 23.2 Å². The van der Waals surface area contributed by atoms with Crippen molar-refractivity contribution in [3.63, 3.8) is 0 Å². The average Bonchev–Trinajstić information content (AvgIpc) is 3.18. The molecule has 1 aromatic carbocycles. The molecule has 0 atom stereocenters. The van der Waals surface area contributed by atoms with Gasteiger partial charge >= 0.3 is 0 Å². The van der Waals surface area contributed by atoms with E-state index in [1.54, 1.807) is 23.1 Å². The fourth-order valence-electron chi connectivity index (χ4n) is 3.30. The van der Waals surface area contributed by atoms with Crippen LogP contribution in [0.1, 0.15) is 18.4 Å². The van der Waals surface area contributed by atoms with Crippen LogP contribution in [-0.4, -0.2) is 72.3 Å². The summed E-state index contributed by atoms with van der Waals surface area (Å²) in [5.74, 6) is 0.157. The van der Waals surface area contributed by atoms with Gasteiger partial charge in [-0.25, -0.2) is 0 Å². The lowest BCUT2D eigenvalue weighted by molar-refractivity contribution is -0.132. The summed E-state index contributed by atoms with van der Waals surface area (Å²) in [6, 6.07) is 5.33. The van der Waals surface area contributed by atoms with Crippen LogP contribution in [0, 0.1) is 0 Å². The van der Waals surface area contributed by atoms with E-state index in [1.807, 2.05) is 11.0 Å². The lowest BCUT2D eigenvalue weighted by Gasteiger charge is -2.34. The molecule has 0 spiro atoms. The number of carbonyl (C=O) groups is 2. The third kappa shape index (κ3) is 4.78. The van der Waals surface area contributed by atoms with Crippen molar-refractivity contribution in [1.82, 2.24) is 14.7 Å². The second-order valence-corrected chi connectivity index (χ2v) is 7.45. The molecule has 0 aromatic heterocycles. The minimum atomic E-state index is -0.0495. The van der Waals surface area contributed by atoms with Crippen LogP contribution in [0.2, 0.25) is 10.0 Å². The van der Waals surface area contributed by atoms with E-state index in [2.05, 4.69) is 4.90 Å². The van der Waals surface area contributed by atoms with Gasteiger partial charge in [-0.05, 0) is 30.5 Å². The Labute approximate surface area is 164 Å². The van der Waals surface area contributed by atoms with Crippen molar-refractivity contribution in [3.05, 3.63) is 39.9 Å². The van der Waals surface area contributed by atoms with E-state index in [-0.39, 0.29) is 11.8 Å². The number of amides is 2. The maximum atomic E-state index is 12.4. The average molecular weight is 396 g/mol.